The van der Waals surface area contributed by atoms with Crippen LogP contribution in [0.5, 0.6) is 5.75 Å². The van der Waals surface area contributed by atoms with E-state index >= 15 is 0 Å². The molecule has 0 aliphatic carbocycles. The third-order valence-electron chi connectivity index (χ3n) is 2.90. The molecule has 0 heterocycles. The number of carbonyl (C=O) groups is 2. The Morgan fingerprint density at radius 1 is 1.18 bits per heavy atom. The lowest BCUT2D eigenvalue weighted by Gasteiger charge is -2.15. The Morgan fingerprint density at radius 3 is 2.36 bits per heavy atom. The molecular formula is C16H23NO5. The SMILES string of the molecule is CC(C)OCCC(=O)NC(C)c1ccc(OCC(=O)O)cc1. The topological polar surface area (TPSA) is 84.9 Å². The number of ether oxygens (including phenoxy) is 2. The molecule has 0 radical (unpaired) electrons. The summed E-state index contributed by atoms with van der Waals surface area (Å²) in [6.45, 7) is 5.76. The molecule has 1 rings (SSSR count). The maximum Gasteiger partial charge on any atom is 0.341 e. The van der Waals surface area contributed by atoms with Crippen molar-refractivity contribution < 1.29 is 24.2 Å². The van der Waals surface area contributed by atoms with Crippen molar-refractivity contribution in [2.24, 2.45) is 0 Å². The molecule has 0 aliphatic heterocycles. The van der Waals surface area contributed by atoms with E-state index in [0.29, 0.717) is 18.8 Å². The highest BCUT2D eigenvalue weighted by Gasteiger charge is 2.10. The van der Waals surface area contributed by atoms with E-state index in [2.05, 4.69) is 5.32 Å². The van der Waals surface area contributed by atoms with E-state index in [1.807, 2.05) is 20.8 Å². The maximum absolute atomic E-state index is 11.8. The van der Waals surface area contributed by atoms with Gasteiger partial charge in [-0.15, -0.1) is 0 Å². The lowest BCUT2D eigenvalue weighted by molar-refractivity contribution is -0.139. The van der Waals surface area contributed by atoms with Crippen LogP contribution < -0.4 is 10.1 Å². The summed E-state index contributed by atoms with van der Waals surface area (Å²) in [4.78, 5) is 22.2. The van der Waals surface area contributed by atoms with Crippen molar-refractivity contribution in [2.75, 3.05) is 13.2 Å². The summed E-state index contributed by atoms with van der Waals surface area (Å²) in [5.41, 5.74) is 0.917. The summed E-state index contributed by atoms with van der Waals surface area (Å²) in [6.07, 6.45) is 0.436. The summed E-state index contributed by atoms with van der Waals surface area (Å²) in [5.74, 6) is -0.609. The second kappa shape index (κ2) is 9.04. The Hall–Kier alpha value is -2.08. The third kappa shape index (κ3) is 7.08. The van der Waals surface area contributed by atoms with Crippen LogP contribution in [-0.4, -0.2) is 36.3 Å². The number of hydrogen-bond donors (Lipinski definition) is 2. The highest BCUT2D eigenvalue weighted by atomic mass is 16.5. The molecule has 0 saturated heterocycles. The zero-order valence-corrected chi connectivity index (χ0v) is 13.2. The smallest absolute Gasteiger partial charge is 0.341 e. The standard InChI is InChI=1S/C16H23NO5/c1-11(2)21-9-8-15(18)17-12(3)13-4-6-14(7-5-13)22-10-16(19)20/h4-7,11-12H,8-10H2,1-3H3,(H,17,18)(H,19,20). The van der Waals surface area contributed by atoms with Gasteiger partial charge in [0.05, 0.1) is 18.8 Å². The van der Waals surface area contributed by atoms with Crippen LogP contribution in [-0.2, 0) is 14.3 Å². The monoisotopic (exact) mass is 309 g/mol. The molecule has 0 fully saturated rings. The first-order valence-corrected chi connectivity index (χ1v) is 7.24. The van der Waals surface area contributed by atoms with Crippen LogP contribution >= 0.6 is 0 Å². The van der Waals surface area contributed by atoms with Crippen LogP contribution in [0.1, 0.15) is 38.8 Å². The van der Waals surface area contributed by atoms with Gasteiger partial charge < -0.3 is 19.9 Å². The van der Waals surface area contributed by atoms with E-state index in [4.69, 9.17) is 14.6 Å². The van der Waals surface area contributed by atoms with Gasteiger partial charge in [-0.1, -0.05) is 12.1 Å². The average molecular weight is 309 g/mol. The van der Waals surface area contributed by atoms with Crippen molar-refractivity contribution in [2.45, 2.75) is 39.3 Å². The Kier molecular flexibility index (Phi) is 7.39. The maximum atomic E-state index is 11.8. The molecule has 6 nitrogen and oxygen atoms in total. The highest BCUT2D eigenvalue weighted by molar-refractivity contribution is 5.76. The first-order chi connectivity index (χ1) is 10.4. The lowest BCUT2D eigenvalue weighted by Crippen LogP contribution is -2.27. The van der Waals surface area contributed by atoms with Gasteiger partial charge in [-0.2, -0.15) is 0 Å². The summed E-state index contributed by atoms with van der Waals surface area (Å²) < 4.78 is 10.4. The molecule has 122 valence electrons. The molecule has 1 atom stereocenters. The molecule has 1 unspecified atom stereocenters. The number of amides is 1. The van der Waals surface area contributed by atoms with Crippen molar-refractivity contribution in [3.63, 3.8) is 0 Å². The van der Waals surface area contributed by atoms with Crippen LogP contribution in [0.15, 0.2) is 24.3 Å². The van der Waals surface area contributed by atoms with Gasteiger partial charge in [-0.25, -0.2) is 4.79 Å². The predicted molar refractivity (Wildman–Crippen MR) is 81.8 cm³/mol. The predicted octanol–water partition coefficient (Wildman–Crippen LogP) is 2.14. The molecule has 1 amide bonds. The molecule has 1 aromatic rings. The summed E-state index contributed by atoms with van der Waals surface area (Å²) in [7, 11) is 0. The molecule has 0 saturated carbocycles. The van der Waals surface area contributed by atoms with Gasteiger partial charge in [0.25, 0.3) is 0 Å². The molecule has 0 bridgehead atoms. The van der Waals surface area contributed by atoms with E-state index < -0.39 is 5.97 Å². The number of carboxylic acids is 1. The van der Waals surface area contributed by atoms with E-state index in [-0.39, 0.29) is 24.7 Å². The van der Waals surface area contributed by atoms with Crippen molar-refractivity contribution in [3.05, 3.63) is 29.8 Å². The van der Waals surface area contributed by atoms with E-state index in [1.165, 1.54) is 0 Å². The number of hydrogen-bond acceptors (Lipinski definition) is 4. The van der Waals surface area contributed by atoms with Gasteiger partial charge in [0.15, 0.2) is 6.61 Å². The molecule has 0 aromatic heterocycles. The minimum absolute atomic E-state index is 0.0700. The lowest BCUT2D eigenvalue weighted by atomic mass is 10.1. The van der Waals surface area contributed by atoms with Crippen LogP contribution in [0.4, 0.5) is 0 Å². The first-order valence-electron chi connectivity index (χ1n) is 7.24. The quantitative estimate of drug-likeness (QED) is 0.730. The van der Waals surface area contributed by atoms with Crippen molar-refractivity contribution in [1.29, 1.82) is 0 Å². The molecule has 22 heavy (non-hydrogen) atoms. The summed E-state index contributed by atoms with van der Waals surface area (Å²) >= 11 is 0. The Balaban J connectivity index is 2.43. The summed E-state index contributed by atoms with van der Waals surface area (Å²) in [5, 5.41) is 11.4. The largest absolute Gasteiger partial charge is 0.482 e. The van der Waals surface area contributed by atoms with Crippen LogP contribution in [0.2, 0.25) is 0 Å². The van der Waals surface area contributed by atoms with Crippen molar-refractivity contribution in [3.8, 4) is 5.75 Å². The minimum atomic E-state index is -1.02. The van der Waals surface area contributed by atoms with Gasteiger partial charge >= 0.3 is 5.97 Å². The second-order valence-corrected chi connectivity index (χ2v) is 5.21. The normalized spacial score (nSPS) is 12.0. The van der Waals surface area contributed by atoms with Crippen LogP contribution in [0, 0.1) is 0 Å². The molecule has 2 N–H and O–H groups in total. The number of rotatable bonds is 9. The first kappa shape index (κ1) is 18.0. The second-order valence-electron chi connectivity index (χ2n) is 5.21. The van der Waals surface area contributed by atoms with Crippen molar-refractivity contribution in [1.82, 2.24) is 5.32 Å². The summed E-state index contributed by atoms with van der Waals surface area (Å²) in [6, 6.07) is 6.82. The molecule has 0 spiro atoms. The van der Waals surface area contributed by atoms with Gasteiger partial charge in [-0.3, -0.25) is 4.79 Å². The third-order valence-corrected chi connectivity index (χ3v) is 2.90. The fraction of sp³-hybridized carbons (Fsp3) is 0.500. The molecule has 0 aliphatic rings. The van der Waals surface area contributed by atoms with Gasteiger partial charge in [0.1, 0.15) is 5.75 Å². The fourth-order valence-corrected chi connectivity index (χ4v) is 1.78. The minimum Gasteiger partial charge on any atom is -0.482 e. The van der Waals surface area contributed by atoms with E-state index in [0.717, 1.165) is 5.56 Å². The molecule has 1 aromatic carbocycles. The van der Waals surface area contributed by atoms with Crippen LogP contribution in [0.25, 0.3) is 0 Å². The Labute approximate surface area is 130 Å². The molecule has 6 heteroatoms. The number of benzene rings is 1. The zero-order chi connectivity index (χ0) is 16.5. The van der Waals surface area contributed by atoms with Gasteiger partial charge in [0, 0.05) is 6.42 Å². The number of nitrogens with one attached hydrogen (secondary N) is 1. The van der Waals surface area contributed by atoms with Gasteiger partial charge in [-0.05, 0) is 38.5 Å². The van der Waals surface area contributed by atoms with Crippen LogP contribution in [0.3, 0.4) is 0 Å². The van der Waals surface area contributed by atoms with E-state index in [9.17, 15) is 9.59 Å². The molecular weight excluding hydrogens is 286 g/mol. The average Bonchev–Trinajstić information content (AvgIpc) is 2.45. The fourth-order valence-electron chi connectivity index (χ4n) is 1.78. The highest BCUT2D eigenvalue weighted by Crippen LogP contribution is 2.17. The Morgan fingerprint density at radius 2 is 1.82 bits per heavy atom. The number of carbonyl (C=O) groups excluding carboxylic acids is 1. The number of carboxylic acid groups (broad SMARTS) is 1. The van der Waals surface area contributed by atoms with Crippen molar-refractivity contribution >= 4 is 11.9 Å². The Bertz CT molecular complexity index is 484. The number of aliphatic carboxylic acids is 1. The van der Waals surface area contributed by atoms with E-state index in [1.54, 1.807) is 24.3 Å². The van der Waals surface area contributed by atoms with Gasteiger partial charge in [0.2, 0.25) is 5.91 Å². The zero-order valence-electron chi connectivity index (χ0n) is 13.2.